The van der Waals surface area contributed by atoms with E-state index in [4.69, 9.17) is 9.47 Å². The maximum absolute atomic E-state index is 13.4. The van der Waals surface area contributed by atoms with Crippen molar-refractivity contribution >= 4 is 27.8 Å². The minimum atomic E-state index is -2.73. The van der Waals surface area contributed by atoms with E-state index in [2.05, 4.69) is 10.4 Å². The van der Waals surface area contributed by atoms with Crippen molar-refractivity contribution in [2.45, 2.75) is 38.5 Å². The van der Waals surface area contributed by atoms with Gasteiger partial charge in [0.05, 0.1) is 20.5 Å². The van der Waals surface area contributed by atoms with E-state index in [1.54, 1.807) is 31.6 Å². The average molecular weight is 442 g/mol. The zero-order valence-corrected chi connectivity index (χ0v) is 19.9. The van der Waals surface area contributed by atoms with Crippen molar-refractivity contribution < 1.29 is 18.8 Å². The molecule has 1 atom stereocenters. The zero-order chi connectivity index (χ0) is 23.0. The lowest BCUT2D eigenvalue weighted by atomic mass is 10.0. The fourth-order valence-corrected chi connectivity index (χ4v) is 4.42. The zero-order valence-electron chi connectivity index (χ0n) is 19.1. The van der Waals surface area contributed by atoms with Crippen LogP contribution in [-0.4, -0.2) is 31.0 Å². The molecule has 0 saturated heterocycles. The molecule has 31 heavy (non-hydrogen) atoms. The van der Waals surface area contributed by atoms with Gasteiger partial charge in [-0.15, -0.1) is 0 Å². The summed E-state index contributed by atoms with van der Waals surface area (Å²) in [7, 11) is 0.190. The van der Waals surface area contributed by atoms with Crippen LogP contribution in [0.5, 0.6) is 5.75 Å². The fourth-order valence-electron chi connectivity index (χ4n) is 3.10. The van der Waals surface area contributed by atoms with Crippen molar-refractivity contribution in [3.05, 3.63) is 70.8 Å². The molecule has 0 aromatic heterocycles. The van der Waals surface area contributed by atoms with Gasteiger partial charge < -0.3 is 14.0 Å². The molecule has 2 aromatic rings. The number of hydrogen-bond donors (Lipinski definition) is 0. The summed E-state index contributed by atoms with van der Waals surface area (Å²) >= 11 is 0. The number of rotatable bonds is 8. The smallest absolute Gasteiger partial charge is 0.333 e. The highest BCUT2D eigenvalue weighted by Gasteiger charge is 2.18. The number of nitrogens with zero attached hydrogens (tertiary/aromatic N) is 1. The van der Waals surface area contributed by atoms with Gasteiger partial charge in [0.15, 0.2) is 5.69 Å². The third-order valence-electron chi connectivity index (χ3n) is 4.66. The maximum atomic E-state index is 13.4. The highest BCUT2D eigenvalue weighted by molar-refractivity contribution is 7.99. The summed E-state index contributed by atoms with van der Waals surface area (Å²) in [6, 6.07) is 12.9. The quantitative estimate of drug-likeness (QED) is 0.215. The topological polar surface area (TPSA) is 71.0 Å². The van der Waals surface area contributed by atoms with Gasteiger partial charge in [-0.1, -0.05) is 34.2 Å². The minimum absolute atomic E-state index is 0.395. The van der Waals surface area contributed by atoms with Gasteiger partial charge in [0.2, 0.25) is 0 Å². The number of carbonyl (C=O) groups excluding carboxylic acids is 1. The molecule has 0 heterocycles. The van der Waals surface area contributed by atoms with Gasteiger partial charge in [0, 0.05) is 11.1 Å². The van der Waals surface area contributed by atoms with Gasteiger partial charge in [-0.25, -0.2) is 4.79 Å². The van der Waals surface area contributed by atoms with Gasteiger partial charge in [-0.05, 0) is 79.6 Å². The Morgan fingerprint density at radius 1 is 1.16 bits per heavy atom. The summed E-state index contributed by atoms with van der Waals surface area (Å²) in [4.78, 5) is 13.0. The first kappa shape index (κ1) is 24.6. The molecule has 166 valence electrons. The Balaban J connectivity index is 2.67. The number of methoxy groups -OCH3 is 2. The first-order chi connectivity index (χ1) is 14.7. The number of esters is 1. The molecule has 2 aromatic carbocycles. The Morgan fingerprint density at radius 3 is 2.42 bits per heavy atom. The van der Waals surface area contributed by atoms with Gasteiger partial charge in [-0.3, -0.25) is 0 Å². The molecule has 0 saturated carbocycles. The molecule has 0 bridgehead atoms. The molecular weight excluding hydrogens is 410 g/mol. The molecule has 0 aliphatic heterocycles. The van der Waals surface area contributed by atoms with Crippen molar-refractivity contribution in [2.24, 2.45) is 4.36 Å². The van der Waals surface area contributed by atoms with E-state index in [-0.39, 0.29) is 0 Å². The van der Waals surface area contributed by atoms with Crippen molar-refractivity contribution in [2.75, 3.05) is 20.5 Å². The molecule has 0 fully saturated rings. The summed E-state index contributed by atoms with van der Waals surface area (Å²) in [5.41, 5.74) is 3.77. The van der Waals surface area contributed by atoms with Crippen molar-refractivity contribution in [3.8, 4) is 5.75 Å². The summed E-state index contributed by atoms with van der Waals surface area (Å²) in [6.07, 6.45) is 6.68. The highest BCUT2D eigenvalue weighted by Crippen LogP contribution is 2.37. The van der Waals surface area contributed by atoms with Crippen molar-refractivity contribution in [3.63, 3.8) is 0 Å². The van der Waals surface area contributed by atoms with Crippen LogP contribution in [0.15, 0.2) is 68.9 Å². The second-order valence-corrected chi connectivity index (χ2v) is 9.85. The van der Waals surface area contributed by atoms with Crippen LogP contribution in [0.2, 0.25) is 0 Å². The van der Waals surface area contributed by atoms with E-state index in [9.17, 15) is 9.35 Å². The SMILES string of the molecule is COC(=O)/C(=C/c1cc(C)cc(OC)c1N=[S+](C)([O-])c1ccccc1)CCC=C(C)C. The van der Waals surface area contributed by atoms with Crippen molar-refractivity contribution in [1.29, 1.82) is 0 Å². The van der Waals surface area contributed by atoms with Crippen LogP contribution in [0.4, 0.5) is 5.69 Å². The summed E-state index contributed by atoms with van der Waals surface area (Å²) in [5.74, 6) is 0.110. The Hall–Kier alpha value is -2.70. The Morgan fingerprint density at radius 2 is 1.84 bits per heavy atom. The molecule has 0 spiro atoms. The third-order valence-corrected chi connectivity index (χ3v) is 6.34. The van der Waals surface area contributed by atoms with E-state index in [0.717, 1.165) is 5.56 Å². The number of carbonyl (C=O) groups is 1. The van der Waals surface area contributed by atoms with Gasteiger partial charge in [0.25, 0.3) is 0 Å². The van der Waals surface area contributed by atoms with E-state index < -0.39 is 16.1 Å². The molecule has 0 amide bonds. The predicted octanol–water partition coefficient (Wildman–Crippen LogP) is 6.09. The number of allylic oxidation sites excluding steroid dienone is 2. The lowest BCUT2D eigenvalue weighted by Crippen LogP contribution is -2.08. The largest absolute Gasteiger partial charge is 0.626 e. The van der Waals surface area contributed by atoms with Crippen LogP contribution in [0.3, 0.4) is 0 Å². The third kappa shape index (κ3) is 6.91. The van der Waals surface area contributed by atoms with Crippen molar-refractivity contribution in [1.82, 2.24) is 0 Å². The first-order valence-corrected chi connectivity index (χ1v) is 12.0. The molecule has 5 nitrogen and oxygen atoms in total. The normalized spacial score (nSPS) is 13.2. The number of aryl methyl sites for hydroxylation is 1. The van der Waals surface area contributed by atoms with Crippen LogP contribution in [0.1, 0.15) is 37.8 Å². The average Bonchev–Trinajstić information content (AvgIpc) is 2.74. The summed E-state index contributed by atoms with van der Waals surface area (Å²) < 4.78 is 28.6. The van der Waals surface area contributed by atoms with Crippen LogP contribution in [0, 0.1) is 6.92 Å². The van der Waals surface area contributed by atoms with Crippen LogP contribution < -0.4 is 4.74 Å². The number of benzene rings is 2. The molecule has 6 heteroatoms. The first-order valence-electron chi connectivity index (χ1n) is 10.1. The monoisotopic (exact) mass is 441 g/mol. The summed E-state index contributed by atoms with van der Waals surface area (Å²) in [6.45, 7) is 5.97. The standard InChI is InChI=1S/C25H31NO4S/c1-18(2)11-10-12-20(25(27)30-5)17-21-15-19(3)16-23(29-4)24(21)26-31(6,28)22-13-8-7-9-14-22/h7-9,11,13-17H,10,12H2,1-6H3. The molecular formula is C25H31NO4S. The van der Waals surface area contributed by atoms with E-state index >= 15 is 0 Å². The minimum Gasteiger partial charge on any atom is -0.626 e. The maximum Gasteiger partial charge on any atom is 0.333 e. The molecule has 0 radical (unpaired) electrons. The molecule has 0 aliphatic rings. The Bertz CT molecular complexity index is 1030. The molecule has 2 rings (SSSR count). The van der Waals surface area contributed by atoms with Crippen LogP contribution in [-0.2, 0) is 19.6 Å². The van der Waals surface area contributed by atoms with Gasteiger partial charge in [0.1, 0.15) is 10.6 Å². The van der Waals surface area contributed by atoms with Gasteiger partial charge >= 0.3 is 5.97 Å². The highest BCUT2D eigenvalue weighted by atomic mass is 32.3. The van der Waals surface area contributed by atoms with Crippen LogP contribution >= 0.6 is 0 Å². The molecule has 0 aliphatic carbocycles. The van der Waals surface area contributed by atoms with E-state index in [1.165, 1.54) is 12.7 Å². The second kappa shape index (κ2) is 11.1. The lowest BCUT2D eigenvalue weighted by molar-refractivity contribution is -0.136. The lowest BCUT2D eigenvalue weighted by Gasteiger charge is -2.19. The van der Waals surface area contributed by atoms with E-state index in [1.807, 2.05) is 51.1 Å². The second-order valence-electron chi connectivity index (χ2n) is 7.59. The molecule has 0 N–H and O–H groups in total. The fraction of sp³-hybridized carbons (Fsp3) is 0.320. The van der Waals surface area contributed by atoms with E-state index in [0.29, 0.717) is 40.3 Å². The number of hydrogen-bond acceptors (Lipinski definition) is 5. The predicted molar refractivity (Wildman–Crippen MR) is 127 cm³/mol. The summed E-state index contributed by atoms with van der Waals surface area (Å²) in [5, 5.41) is 0. The Kier molecular flexibility index (Phi) is 8.77. The Labute approximate surface area is 186 Å². The van der Waals surface area contributed by atoms with Crippen LogP contribution in [0.25, 0.3) is 6.08 Å². The number of ether oxygens (including phenoxy) is 2. The molecule has 1 unspecified atom stereocenters. The van der Waals surface area contributed by atoms with Gasteiger partial charge in [-0.2, -0.15) is 0 Å².